The molecule has 0 aliphatic carbocycles. The van der Waals surface area contributed by atoms with Crippen molar-refractivity contribution in [2.75, 3.05) is 13.2 Å². The normalized spacial score (nSPS) is 18.9. The fraction of sp³-hybridized carbons (Fsp3) is 0.697. The highest BCUT2D eigenvalue weighted by Crippen LogP contribution is 2.37. The third-order valence-electron chi connectivity index (χ3n) is 7.20. The molecule has 0 bridgehead atoms. The molecule has 2 heterocycles. The summed E-state index contributed by atoms with van der Waals surface area (Å²) in [4.78, 5) is 41.2. The van der Waals surface area contributed by atoms with E-state index in [1.54, 1.807) is 46.4 Å². The Hall–Kier alpha value is -3.55. The smallest absolute Gasteiger partial charge is 0.437 e. The highest BCUT2D eigenvalue weighted by Gasteiger charge is 2.40. The van der Waals surface area contributed by atoms with E-state index in [1.165, 1.54) is 25.0 Å². The Balaban J connectivity index is 1.77. The first-order chi connectivity index (χ1) is 22.0. The quantitative estimate of drug-likeness (QED) is 0.140. The second-order valence-electron chi connectivity index (χ2n) is 13.7. The number of alkyl halides is 3. The third kappa shape index (κ3) is 12.5. The van der Waals surface area contributed by atoms with Gasteiger partial charge in [0.1, 0.15) is 17.0 Å². The molecule has 2 atom stereocenters. The van der Waals surface area contributed by atoms with Gasteiger partial charge in [0.25, 0.3) is 0 Å². The summed E-state index contributed by atoms with van der Waals surface area (Å²) in [6.07, 6.45) is 1.14. The predicted molar refractivity (Wildman–Crippen MR) is 172 cm³/mol. The van der Waals surface area contributed by atoms with Crippen molar-refractivity contribution in [2.45, 2.75) is 136 Å². The molecule has 0 radical (unpaired) electrons. The number of unbranched alkanes of at least 4 members (excludes halogenated alkanes) is 6. The Morgan fingerprint density at radius 1 is 1.02 bits per heavy atom. The number of halogens is 3. The molecule has 264 valence electrons. The van der Waals surface area contributed by atoms with Gasteiger partial charge in [-0.2, -0.15) is 13.2 Å². The van der Waals surface area contributed by atoms with E-state index in [0.717, 1.165) is 31.7 Å². The highest BCUT2D eigenvalue weighted by atomic mass is 19.4. The molecule has 47 heavy (non-hydrogen) atoms. The number of aliphatic imine (C=N–C) groups is 2. The van der Waals surface area contributed by atoms with Crippen LogP contribution in [0.2, 0.25) is 0 Å². The standard InChI is InChI=1S/C33H50F3N5O6/c1-8-9-10-11-12-13-14-20-44-25-18-17-22(21-23(25)33(34,35)36)26-37-27(47-40-26)24-16-15-19-41(24)28(38-29(42)45-31(2,3)4)39-30(43)46-32(5,6)7/h17-18,21,24,27H,8-16,19-20H2,1-7H3,(H,37,40)(H,38,39,42,43). The van der Waals surface area contributed by atoms with E-state index in [9.17, 15) is 22.8 Å². The Bertz CT molecular complexity index is 1270. The molecule has 11 nitrogen and oxygen atoms in total. The number of nitrogens with zero attached hydrogens (tertiary/aromatic N) is 3. The van der Waals surface area contributed by atoms with Crippen molar-refractivity contribution in [3.05, 3.63) is 29.3 Å². The molecular formula is C33H50F3N5O6. The molecule has 3 rings (SSSR count). The van der Waals surface area contributed by atoms with Crippen LogP contribution in [0, 0.1) is 0 Å². The second-order valence-corrected chi connectivity index (χ2v) is 13.7. The zero-order valence-electron chi connectivity index (χ0n) is 28.6. The Morgan fingerprint density at radius 3 is 2.32 bits per heavy atom. The minimum atomic E-state index is -4.65. The number of alkyl carbamates (subject to hydrolysis) is 1. The van der Waals surface area contributed by atoms with E-state index in [-0.39, 0.29) is 29.7 Å². The number of ether oxygens (including phenoxy) is 3. The molecule has 2 aliphatic heterocycles. The Kier molecular flexibility index (Phi) is 13.3. The fourth-order valence-electron chi connectivity index (χ4n) is 5.14. The number of amides is 2. The number of hydroxylamine groups is 1. The van der Waals surface area contributed by atoms with Crippen LogP contribution < -0.4 is 15.5 Å². The summed E-state index contributed by atoms with van der Waals surface area (Å²) < 4.78 is 58.5. The number of likely N-dealkylation sites (tertiary alicyclic amines) is 1. The Morgan fingerprint density at radius 2 is 1.68 bits per heavy atom. The molecule has 2 aliphatic rings. The fourth-order valence-corrected chi connectivity index (χ4v) is 5.14. The van der Waals surface area contributed by atoms with E-state index in [4.69, 9.17) is 19.0 Å². The lowest BCUT2D eigenvalue weighted by atomic mass is 10.1. The average molecular weight is 670 g/mol. The summed E-state index contributed by atoms with van der Waals surface area (Å²) >= 11 is 0. The van der Waals surface area contributed by atoms with Crippen molar-refractivity contribution in [1.29, 1.82) is 0 Å². The maximum Gasteiger partial charge on any atom is 0.437 e. The number of rotatable bonds is 11. The lowest BCUT2D eigenvalue weighted by Crippen LogP contribution is -2.51. The van der Waals surface area contributed by atoms with Crippen LogP contribution in [0.5, 0.6) is 5.75 Å². The van der Waals surface area contributed by atoms with Gasteiger partial charge in [0.05, 0.1) is 18.2 Å². The van der Waals surface area contributed by atoms with E-state index < -0.39 is 47.4 Å². The summed E-state index contributed by atoms with van der Waals surface area (Å²) in [5.74, 6) is -0.233. The van der Waals surface area contributed by atoms with Crippen LogP contribution in [0.1, 0.15) is 117 Å². The summed E-state index contributed by atoms with van der Waals surface area (Å²) in [6, 6.07) is 3.26. The maximum absolute atomic E-state index is 14.1. The first-order valence-electron chi connectivity index (χ1n) is 16.4. The van der Waals surface area contributed by atoms with Crippen molar-refractivity contribution < 1.29 is 41.8 Å². The number of benzene rings is 1. The van der Waals surface area contributed by atoms with Gasteiger partial charge >= 0.3 is 18.4 Å². The summed E-state index contributed by atoms with van der Waals surface area (Å²) in [5, 5.41) is 2.55. The van der Waals surface area contributed by atoms with Gasteiger partial charge in [0.2, 0.25) is 5.96 Å². The van der Waals surface area contributed by atoms with Crippen LogP contribution in [0.3, 0.4) is 0 Å². The third-order valence-corrected chi connectivity index (χ3v) is 7.20. The minimum Gasteiger partial charge on any atom is -0.493 e. The molecular weight excluding hydrogens is 619 g/mol. The van der Waals surface area contributed by atoms with Gasteiger partial charge in [-0.05, 0) is 79.0 Å². The van der Waals surface area contributed by atoms with Gasteiger partial charge in [-0.3, -0.25) is 5.32 Å². The van der Waals surface area contributed by atoms with Gasteiger partial charge in [0.15, 0.2) is 12.1 Å². The minimum absolute atomic E-state index is 0.106. The number of carbonyl (C=O) groups excluding carboxylic acids is 2. The molecule has 1 aromatic carbocycles. The maximum atomic E-state index is 14.1. The number of guanidine groups is 1. The summed E-state index contributed by atoms with van der Waals surface area (Å²) in [5.41, 5.74) is 0.279. The Labute approximate surface area is 275 Å². The van der Waals surface area contributed by atoms with Gasteiger partial charge < -0.3 is 19.1 Å². The molecule has 1 saturated heterocycles. The van der Waals surface area contributed by atoms with Crippen molar-refractivity contribution >= 4 is 24.0 Å². The van der Waals surface area contributed by atoms with E-state index in [1.807, 2.05) is 0 Å². The van der Waals surface area contributed by atoms with Crippen LogP contribution in [-0.4, -0.2) is 65.5 Å². The van der Waals surface area contributed by atoms with E-state index >= 15 is 0 Å². The molecule has 1 aromatic rings. The van der Waals surface area contributed by atoms with Crippen molar-refractivity contribution in [2.24, 2.45) is 9.98 Å². The number of hydrogen-bond donors (Lipinski definition) is 2. The molecule has 2 N–H and O–H groups in total. The number of hydrogen-bond acceptors (Lipinski definition) is 8. The van der Waals surface area contributed by atoms with Gasteiger partial charge in [-0.25, -0.2) is 24.9 Å². The van der Waals surface area contributed by atoms with Crippen LogP contribution in [0.4, 0.5) is 22.8 Å². The lowest BCUT2D eigenvalue weighted by molar-refractivity contribution is -0.139. The van der Waals surface area contributed by atoms with Crippen molar-refractivity contribution in [1.82, 2.24) is 15.7 Å². The largest absolute Gasteiger partial charge is 0.493 e. The number of nitrogens with one attached hydrogen (secondary N) is 2. The zero-order chi connectivity index (χ0) is 34.8. The first kappa shape index (κ1) is 37.9. The van der Waals surface area contributed by atoms with E-state index in [0.29, 0.717) is 25.8 Å². The summed E-state index contributed by atoms with van der Waals surface area (Å²) in [6.45, 7) is 12.9. The molecule has 1 fully saturated rings. The van der Waals surface area contributed by atoms with Crippen LogP contribution in [0.25, 0.3) is 0 Å². The van der Waals surface area contributed by atoms with Gasteiger partial charge in [-0.15, -0.1) is 4.99 Å². The topological polar surface area (TPSA) is 123 Å². The molecule has 0 aromatic heterocycles. The monoisotopic (exact) mass is 669 g/mol. The van der Waals surface area contributed by atoms with Gasteiger partial charge in [-0.1, -0.05) is 45.4 Å². The first-order valence-corrected chi connectivity index (χ1v) is 16.4. The number of carbonyl (C=O) groups is 2. The number of amidine groups is 1. The van der Waals surface area contributed by atoms with Crippen molar-refractivity contribution in [3.8, 4) is 5.75 Å². The molecule has 2 amide bonds. The van der Waals surface area contributed by atoms with Crippen LogP contribution >= 0.6 is 0 Å². The van der Waals surface area contributed by atoms with Crippen LogP contribution in [0.15, 0.2) is 28.2 Å². The van der Waals surface area contributed by atoms with Crippen LogP contribution in [-0.2, 0) is 20.5 Å². The summed E-state index contributed by atoms with van der Waals surface area (Å²) in [7, 11) is 0. The lowest BCUT2D eigenvalue weighted by Gasteiger charge is -2.30. The van der Waals surface area contributed by atoms with Gasteiger partial charge in [0, 0.05) is 12.1 Å². The average Bonchev–Trinajstić information content (AvgIpc) is 3.62. The van der Waals surface area contributed by atoms with Crippen molar-refractivity contribution in [3.63, 3.8) is 0 Å². The van der Waals surface area contributed by atoms with E-state index in [2.05, 4.69) is 27.7 Å². The zero-order valence-corrected chi connectivity index (χ0v) is 28.6. The SMILES string of the molecule is CCCCCCCCCOc1ccc(C2=NC(C3CCCN3C(=NC(=O)OC(C)(C)C)NC(=O)OC(C)(C)C)ON2)cc1C(F)(F)F. The molecule has 14 heteroatoms. The second kappa shape index (κ2) is 16.5. The molecule has 0 spiro atoms. The highest BCUT2D eigenvalue weighted by molar-refractivity contribution is 6.00. The molecule has 0 saturated carbocycles. The predicted octanol–water partition coefficient (Wildman–Crippen LogP) is 7.72. The molecule has 2 unspecified atom stereocenters.